The van der Waals surface area contributed by atoms with E-state index in [1.54, 1.807) is 0 Å². The summed E-state index contributed by atoms with van der Waals surface area (Å²) >= 11 is 0. The van der Waals surface area contributed by atoms with Crippen molar-refractivity contribution >= 4 is 0 Å². The van der Waals surface area contributed by atoms with E-state index in [1.165, 1.54) is 11.1 Å². The van der Waals surface area contributed by atoms with E-state index in [0.29, 0.717) is 5.92 Å². The molecule has 0 fully saturated rings. The van der Waals surface area contributed by atoms with Gasteiger partial charge >= 0.3 is 0 Å². The summed E-state index contributed by atoms with van der Waals surface area (Å²) < 4.78 is 6.06. The zero-order valence-electron chi connectivity index (χ0n) is 12.5. The largest absolute Gasteiger partial charge is 0.457 e. The summed E-state index contributed by atoms with van der Waals surface area (Å²) in [6.07, 6.45) is 0. The maximum Gasteiger partial charge on any atom is 0.130 e. The Morgan fingerprint density at radius 3 is 2.60 bits per heavy atom. The molecule has 0 aliphatic carbocycles. The third-order valence-electron chi connectivity index (χ3n) is 3.25. The minimum Gasteiger partial charge on any atom is -0.457 e. The molecule has 0 atom stereocenters. The molecule has 2 aromatic carbocycles. The van der Waals surface area contributed by atoms with Crippen LogP contribution < -0.4 is 10.1 Å². The summed E-state index contributed by atoms with van der Waals surface area (Å²) in [5.74, 6) is 2.30. The van der Waals surface area contributed by atoms with Crippen molar-refractivity contribution in [2.45, 2.75) is 33.2 Å². The van der Waals surface area contributed by atoms with Gasteiger partial charge in [-0.25, -0.2) is 0 Å². The lowest BCUT2D eigenvalue weighted by atomic mass is 10.0. The first kappa shape index (κ1) is 14.6. The van der Waals surface area contributed by atoms with Crippen LogP contribution in [0.2, 0.25) is 0 Å². The molecule has 0 bridgehead atoms. The van der Waals surface area contributed by atoms with Crippen molar-refractivity contribution < 1.29 is 4.74 Å². The van der Waals surface area contributed by atoms with Crippen LogP contribution >= 0.6 is 0 Å². The van der Waals surface area contributed by atoms with Crippen LogP contribution in [0.3, 0.4) is 0 Å². The number of ether oxygens (including phenoxy) is 1. The smallest absolute Gasteiger partial charge is 0.130 e. The maximum atomic E-state index is 6.06. The van der Waals surface area contributed by atoms with Gasteiger partial charge in [-0.2, -0.15) is 0 Å². The topological polar surface area (TPSA) is 21.3 Å². The van der Waals surface area contributed by atoms with Gasteiger partial charge in [0.25, 0.3) is 0 Å². The van der Waals surface area contributed by atoms with E-state index in [2.05, 4.69) is 50.4 Å². The normalized spacial score (nSPS) is 10.8. The van der Waals surface area contributed by atoms with E-state index < -0.39 is 0 Å². The molecule has 0 aliphatic rings. The van der Waals surface area contributed by atoms with Crippen molar-refractivity contribution in [1.29, 1.82) is 0 Å². The molecular weight excluding hydrogens is 246 g/mol. The second-order valence-electron chi connectivity index (χ2n) is 5.22. The van der Waals surface area contributed by atoms with Gasteiger partial charge in [-0.05, 0) is 41.8 Å². The number of hydrogen-bond donors (Lipinski definition) is 1. The van der Waals surface area contributed by atoms with Gasteiger partial charge in [0, 0.05) is 6.54 Å². The fraction of sp³-hybridized carbons (Fsp3) is 0.333. The van der Waals surface area contributed by atoms with Crippen molar-refractivity contribution in [2.24, 2.45) is 0 Å². The first-order chi connectivity index (χ1) is 9.70. The molecule has 0 saturated carbocycles. The van der Waals surface area contributed by atoms with E-state index in [-0.39, 0.29) is 0 Å². The Morgan fingerprint density at radius 1 is 1.05 bits per heavy atom. The zero-order valence-corrected chi connectivity index (χ0v) is 12.5. The Labute approximate surface area is 121 Å². The molecule has 0 heterocycles. The number of para-hydroxylation sites is 1. The van der Waals surface area contributed by atoms with Crippen molar-refractivity contribution in [3.05, 3.63) is 59.7 Å². The van der Waals surface area contributed by atoms with Crippen molar-refractivity contribution in [1.82, 2.24) is 5.32 Å². The predicted molar refractivity (Wildman–Crippen MR) is 84.4 cm³/mol. The first-order valence-corrected chi connectivity index (χ1v) is 7.27. The lowest BCUT2D eigenvalue weighted by Crippen LogP contribution is -2.11. The van der Waals surface area contributed by atoms with Crippen LogP contribution in [0.25, 0.3) is 0 Å². The van der Waals surface area contributed by atoms with Crippen molar-refractivity contribution in [2.75, 3.05) is 6.54 Å². The van der Waals surface area contributed by atoms with E-state index in [9.17, 15) is 0 Å². The molecule has 0 spiro atoms. The Kier molecular flexibility index (Phi) is 5.19. The number of nitrogens with one attached hydrogen (secondary N) is 1. The molecule has 2 heteroatoms. The Balaban J connectivity index is 2.17. The lowest BCUT2D eigenvalue weighted by Gasteiger charge is -2.14. The molecule has 1 N–H and O–H groups in total. The van der Waals surface area contributed by atoms with E-state index in [1.807, 2.05) is 24.3 Å². The highest BCUT2D eigenvalue weighted by atomic mass is 16.5. The standard InChI is InChI=1S/C18H23NO/c1-4-19-13-15-8-7-9-16(12-15)20-18-11-6-5-10-17(18)14(2)3/h5-12,14,19H,4,13H2,1-3H3. The third kappa shape index (κ3) is 3.84. The molecule has 0 saturated heterocycles. The van der Waals surface area contributed by atoms with Crippen LogP contribution in [-0.4, -0.2) is 6.54 Å². The summed E-state index contributed by atoms with van der Waals surface area (Å²) in [7, 11) is 0. The molecule has 20 heavy (non-hydrogen) atoms. The number of hydrogen-bond acceptors (Lipinski definition) is 2. The molecule has 0 amide bonds. The fourth-order valence-corrected chi connectivity index (χ4v) is 2.17. The van der Waals surface area contributed by atoms with Crippen LogP contribution in [-0.2, 0) is 6.54 Å². The molecule has 0 aliphatic heterocycles. The Morgan fingerprint density at radius 2 is 1.85 bits per heavy atom. The summed E-state index contributed by atoms with van der Waals surface area (Å²) in [4.78, 5) is 0. The summed E-state index contributed by atoms with van der Waals surface area (Å²) in [5, 5.41) is 3.33. The fourth-order valence-electron chi connectivity index (χ4n) is 2.17. The predicted octanol–water partition coefficient (Wildman–Crippen LogP) is 4.71. The second kappa shape index (κ2) is 7.11. The number of rotatable bonds is 6. The zero-order chi connectivity index (χ0) is 14.4. The Bertz CT molecular complexity index is 549. The second-order valence-corrected chi connectivity index (χ2v) is 5.22. The first-order valence-electron chi connectivity index (χ1n) is 7.27. The highest BCUT2D eigenvalue weighted by Crippen LogP contribution is 2.30. The highest BCUT2D eigenvalue weighted by molar-refractivity contribution is 5.40. The van der Waals surface area contributed by atoms with Crippen LogP contribution in [0.5, 0.6) is 11.5 Å². The molecule has 0 aromatic heterocycles. The van der Waals surface area contributed by atoms with Gasteiger partial charge in [0.1, 0.15) is 11.5 Å². The van der Waals surface area contributed by atoms with Gasteiger partial charge in [-0.1, -0.05) is 51.1 Å². The molecule has 2 aromatic rings. The molecular formula is C18H23NO. The quantitative estimate of drug-likeness (QED) is 0.820. The van der Waals surface area contributed by atoms with Gasteiger partial charge in [0.15, 0.2) is 0 Å². The van der Waals surface area contributed by atoms with Gasteiger partial charge < -0.3 is 10.1 Å². The highest BCUT2D eigenvalue weighted by Gasteiger charge is 2.08. The van der Waals surface area contributed by atoms with Crippen molar-refractivity contribution in [3.63, 3.8) is 0 Å². The summed E-state index contributed by atoms with van der Waals surface area (Å²) in [5.41, 5.74) is 2.48. The molecule has 2 rings (SSSR count). The molecule has 0 radical (unpaired) electrons. The SMILES string of the molecule is CCNCc1cccc(Oc2ccccc2C(C)C)c1. The van der Waals surface area contributed by atoms with E-state index >= 15 is 0 Å². The van der Waals surface area contributed by atoms with Crippen LogP contribution in [0.4, 0.5) is 0 Å². The average Bonchev–Trinajstić information content (AvgIpc) is 2.46. The van der Waals surface area contributed by atoms with Crippen molar-refractivity contribution in [3.8, 4) is 11.5 Å². The molecule has 2 nitrogen and oxygen atoms in total. The van der Waals surface area contributed by atoms with Crippen LogP contribution in [0, 0.1) is 0 Å². The third-order valence-corrected chi connectivity index (χ3v) is 3.25. The molecule has 0 unspecified atom stereocenters. The molecule has 106 valence electrons. The number of benzene rings is 2. The lowest BCUT2D eigenvalue weighted by molar-refractivity contribution is 0.472. The van der Waals surface area contributed by atoms with Crippen LogP contribution in [0.1, 0.15) is 37.8 Å². The average molecular weight is 269 g/mol. The van der Waals surface area contributed by atoms with Gasteiger partial charge in [0.2, 0.25) is 0 Å². The maximum absolute atomic E-state index is 6.06. The van der Waals surface area contributed by atoms with Gasteiger partial charge in [0.05, 0.1) is 0 Å². The van der Waals surface area contributed by atoms with E-state index in [4.69, 9.17) is 4.74 Å². The summed E-state index contributed by atoms with van der Waals surface area (Å²) in [6, 6.07) is 16.5. The van der Waals surface area contributed by atoms with Gasteiger partial charge in [-0.3, -0.25) is 0 Å². The monoisotopic (exact) mass is 269 g/mol. The minimum atomic E-state index is 0.455. The Hall–Kier alpha value is -1.80. The van der Waals surface area contributed by atoms with E-state index in [0.717, 1.165) is 24.6 Å². The van der Waals surface area contributed by atoms with Gasteiger partial charge in [-0.15, -0.1) is 0 Å². The van der Waals surface area contributed by atoms with Crippen LogP contribution in [0.15, 0.2) is 48.5 Å². The summed E-state index contributed by atoms with van der Waals surface area (Å²) in [6.45, 7) is 8.33. The minimum absolute atomic E-state index is 0.455.